The number of carbonyl (C=O) groups is 2. The highest BCUT2D eigenvalue weighted by molar-refractivity contribution is 5.97. The number of rotatable bonds is 5. The molecule has 0 aliphatic carbocycles. The summed E-state index contributed by atoms with van der Waals surface area (Å²) in [6.45, 7) is 3.07. The van der Waals surface area contributed by atoms with Crippen LogP contribution < -0.4 is 4.90 Å². The van der Waals surface area contributed by atoms with Crippen molar-refractivity contribution < 1.29 is 24.0 Å². The summed E-state index contributed by atoms with van der Waals surface area (Å²) in [7, 11) is 2.58. The molecule has 1 rings (SSSR count). The normalized spacial score (nSPS) is 9.67. The van der Waals surface area contributed by atoms with Crippen LogP contribution in [0.15, 0.2) is 12.1 Å². The minimum atomic E-state index is -0.716. The second kappa shape index (κ2) is 8.64. The van der Waals surface area contributed by atoms with Gasteiger partial charge in [0.1, 0.15) is 6.61 Å². The Balaban J connectivity index is 3.28. The summed E-state index contributed by atoms with van der Waals surface area (Å²) in [6.07, 6.45) is 0. The van der Waals surface area contributed by atoms with Gasteiger partial charge < -0.3 is 9.47 Å². The summed E-state index contributed by atoms with van der Waals surface area (Å²) in [6, 6.07) is 2.76. The molecule has 8 nitrogen and oxygen atoms in total. The van der Waals surface area contributed by atoms with E-state index < -0.39 is 10.9 Å². The van der Waals surface area contributed by atoms with E-state index in [2.05, 4.69) is 16.6 Å². The molecule has 0 saturated carbocycles. The van der Waals surface area contributed by atoms with Gasteiger partial charge in [-0.1, -0.05) is 5.92 Å². The van der Waals surface area contributed by atoms with E-state index in [1.807, 2.05) is 0 Å². The zero-order chi connectivity index (χ0) is 18.3. The third-order valence-corrected chi connectivity index (χ3v) is 3.14. The lowest BCUT2D eigenvalue weighted by Crippen LogP contribution is -2.35. The number of nitrogens with zero attached hydrogens (tertiary/aromatic N) is 2. The highest BCUT2D eigenvalue weighted by Gasteiger charge is 2.21. The molecule has 0 bridgehead atoms. The molecule has 0 aliphatic rings. The van der Waals surface area contributed by atoms with Crippen molar-refractivity contribution in [3.63, 3.8) is 0 Å². The Bertz CT molecular complexity index is 694. The molecule has 1 aromatic carbocycles. The van der Waals surface area contributed by atoms with Crippen LogP contribution in [-0.2, 0) is 19.1 Å². The summed E-state index contributed by atoms with van der Waals surface area (Å²) in [5, 5.41) is 10.9. The Labute approximate surface area is 139 Å². The summed E-state index contributed by atoms with van der Waals surface area (Å²) in [4.78, 5) is 35.1. The van der Waals surface area contributed by atoms with E-state index in [0.29, 0.717) is 16.8 Å². The molecule has 0 unspecified atom stereocenters. The van der Waals surface area contributed by atoms with E-state index >= 15 is 0 Å². The molecule has 1 aromatic rings. The summed E-state index contributed by atoms with van der Waals surface area (Å²) >= 11 is 0. The molecule has 0 fully saturated rings. The molecular formula is C16H18N2O6. The molecular weight excluding hydrogens is 316 g/mol. The van der Waals surface area contributed by atoms with E-state index in [9.17, 15) is 19.7 Å². The van der Waals surface area contributed by atoms with Crippen LogP contribution in [0.3, 0.4) is 0 Å². The van der Waals surface area contributed by atoms with Crippen molar-refractivity contribution >= 4 is 23.3 Å². The van der Waals surface area contributed by atoms with Crippen LogP contribution in [0.4, 0.5) is 11.4 Å². The van der Waals surface area contributed by atoms with Gasteiger partial charge in [-0.15, -0.1) is 0 Å². The number of esters is 1. The van der Waals surface area contributed by atoms with E-state index in [4.69, 9.17) is 4.74 Å². The van der Waals surface area contributed by atoms with Crippen molar-refractivity contribution in [2.45, 2.75) is 13.8 Å². The standard InChI is InChI=1S/C16H18N2O6/c1-11-8-13(18(21)22)9-12(2)16(11)17(14(19)10-23-3)7-5-6-15(20)24-4/h8-9H,7,10H2,1-4H3. The Morgan fingerprint density at radius 1 is 1.25 bits per heavy atom. The number of non-ortho nitro benzene ring substituents is 1. The van der Waals surface area contributed by atoms with Gasteiger partial charge in [-0.3, -0.25) is 19.8 Å². The number of benzene rings is 1. The summed E-state index contributed by atoms with van der Waals surface area (Å²) < 4.78 is 9.28. The number of aryl methyl sites for hydroxylation is 2. The SMILES string of the molecule is COCC(=O)N(CC#CC(=O)OC)c1c(C)cc([N+](=O)[O-])cc1C. The van der Waals surface area contributed by atoms with Crippen LogP contribution in [0.5, 0.6) is 0 Å². The number of hydrogen-bond acceptors (Lipinski definition) is 6. The third kappa shape index (κ3) is 4.79. The molecule has 0 N–H and O–H groups in total. The molecule has 128 valence electrons. The lowest BCUT2D eigenvalue weighted by molar-refractivity contribution is -0.384. The number of anilines is 1. The van der Waals surface area contributed by atoms with Crippen LogP contribution in [-0.4, -0.2) is 44.2 Å². The van der Waals surface area contributed by atoms with Gasteiger partial charge in [0, 0.05) is 25.2 Å². The molecule has 0 aliphatic heterocycles. The first-order valence-electron chi connectivity index (χ1n) is 6.93. The molecule has 0 atom stereocenters. The number of methoxy groups -OCH3 is 2. The van der Waals surface area contributed by atoms with Gasteiger partial charge in [0.15, 0.2) is 0 Å². The highest BCUT2D eigenvalue weighted by Crippen LogP contribution is 2.29. The van der Waals surface area contributed by atoms with Gasteiger partial charge in [0.2, 0.25) is 0 Å². The number of nitro groups is 1. The Hall–Kier alpha value is -2.92. The lowest BCUT2D eigenvalue weighted by Gasteiger charge is -2.24. The Morgan fingerprint density at radius 2 is 1.83 bits per heavy atom. The first-order chi connectivity index (χ1) is 11.3. The maximum atomic E-state index is 12.3. The number of amides is 1. The second-order valence-electron chi connectivity index (χ2n) is 4.89. The molecule has 0 heterocycles. The van der Waals surface area contributed by atoms with Crippen LogP contribution in [0.2, 0.25) is 0 Å². The molecule has 8 heteroatoms. The summed E-state index contributed by atoms with van der Waals surface area (Å²) in [5.74, 6) is 3.71. The lowest BCUT2D eigenvalue weighted by atomic mass is 10.1. The highest BCUT2D eigenvalue weighted by atomic mass is 16.6. The number of hydrogen-bond donors (Lipinski definition) is 0. The van der Waals surface area contributed by atoms with Crippen molar-refractivity contribution in [3.8, 4) is 11.8 Å². The smallest absolute Gasteiger partial charge is 0.384 e. The zero-order valence-corrected chi connectivity index (χ0v) is 13.9. The predicted octanol–water partition coefficient (Wildman–Crippen LogP) is 1.37. The minimum Gasteiger partial charge on any atom is -0.459 e. The van der Waals surface area contributed by atoms with Crippen molar-refractivity contribution in [2.75, 3.05) is 32.3 Å². The number of carbonyl (C=O) groups excluding carboxylic acids is 2. The monoisotopic (exact) mass is 334 g/mol. The average Bonchev–Trinajstić information content (AvgIpc) is 2.52. The molecule has 0 radical (unpaired) electrons. The van der Waals surface area contributed by atoms with Crippen molar-refractivity contribution in [2.24, 2.45) is 0 Å². The predicted molar refractivity (Wildman–Crippen MR) is 86.6 cm³/mol. The summed E-state index contributed by atoms with van der Waals surface area (Å²) in [5.41, 5.74) is 1.53. The molecule has 0 spiro atoms. The maximum Gasteiger partial charge on any atom is 0.384 e. The molecule has 0 saturated heterocycles. The fourth-order valence-electron chi connectivity index (χ4n) is 2.20. The first-order valence-corrected chi connectivity index (χ1v) is 6.93. The number of ether oxygens (including phenoxy) is 2. The van der Waals surface area contributed by atoms with Gasteiger partial charge in [-0.05, 0) is 25.0 Å². The minimum absolute atomic E-state index is 0.0615. The second-order valence-corrected chi connectivity index (χ2v) is 4.89. The van der Waals surface area contributed by atoms with Crippen molar-refractivity contribution in [3.05, 3.63) is 33.4 Å². The first kappa shape index (κ1) is 19.1. The van der Waals surface area contributed by atoms with Crippen molar-refractivity contribution in [1.29, 1.82) is 0 Å². The van der Waals surface area contributed by atoms with Gasteiger partial charge in [-0.25, -0.2) is 4.79 Å². The third-order valence-electron chi connectivity index (χ3n) is 3.14. The van der Waals surface area contributed by atoms with E-state index in [1.54, 1.807) is 13.8 Å². The van der Waals surface area contributed by atoms with Crippen LogP contribution in [0, 0.1) is 35.8 Å². The molecule has 0 aromatic heterocycles. The molecule has 24 heavy (non-hydrogen) atoms. The van der Waals surface area contributed by atoms with Gasteiger partial charge in [0.05, 0.1) is 24.3 Å². The quantitative estimate of drug-likeness (QED) is 0.265. The molecule has 1 amide bonds. The van der Waals surface area contributed by atoms with Crippen molar-refractivity contribution in [1.82, 2.24) is 0 Å². The van der Waals surface area contributed by atoms with Gasteiger partial charge in [0.25, 0.3) is 11.6 Å². The van der Waals surface area contributed by atoms with E-state index in [1.165, 1.54) is 31.3 Å². The Kier molecular flexibility index (Phi) is 6.89. The largest absolute Gasteiger partial charge is 0.459 e. The topological polar surface area (TPSA) is 99.0 Å². The zero-order valence-electron chi connectivity index (χ0n) is 13.9. The Morgan fingerprint density at radius 3 is 2.29 bits per heavy atom. The average molecular weight is 334 g/mol. The maximum absolute atomic E-state index is 12.3. The van der Waals surface area contributed by atoms with Crippen LogP contribution in [0.1, 0.15) is 11.1 Å². The van der Waals surface area contributed by atoms with E-state index in [0.717, 1.165) is 0 Å². The van der Waals surface area contributed by atoms with Gasteiger partial charge in [-0.2, -0.15) is 0 Å². The number of nitro benzene ring substituents is 1. The fraction of sp³-hybridized carbons (Fsp3) is 0.375. The fourth-order valence-corrected chi connectivity index (χ4v) is 2.20. The van der Waals surface area contributed by atoms with Crippen LogP contribution in [0.25, 0.3) is 0 Å². The van der Waals surface area contributed by atoms with Crippen LogP contribution >= 0.6 is 0 Å². The van der Waals surface area contributed by atoms with Gasteiger partial charge >= 0.3 is 5.97 Å². The van der Waals surface area contributed by atoms with E-state index in [-0.39, 0.29) is 24.7 Å².